The molecule has 3 heteroatoms. The number of hydrogen-bond donors (Lipinski definition) is 0. The minimum Gasteiger partial charge on any atom is -0.323 e. The van der Waals surface area contributed by atoms with Gasteiger partial charge in [0.25, 0.3) is 0 Å². The van der Waals surface area contributed by atoms with Gasteiger partial charge in [-0.05, 0) is 17.7 Å². The molecule has 0 aliphatic carbocycles. The summed E-state index contributed by atoms with van der Waals surface area (Å²) in [5.41, 5.74) is 3.91. The van der Waals surface area contributed by atoms with E-state index in [1.54, 1.807) is 12.1 Å². The summed E-state index contributed by atoms with van der Waals surface area (Å²) >= 11 is 0. The molecule has 0 atom stereocenters. The Labute approximate surface area is 124 Å². The zero-order valence-corrected chi connectivity index (χ0v) is 12.2. The predicted molar refractivity (Wildman–Crippen MR) is 84.2 cm³/mol. The lowest BCUT2D eigenvalue weighted by Crippen LogP contribution is -2.06. The van der Waals surface area contributed by atoms with Crippen LogP contribution in [0.25, 0.3) is 11.0 Å². The number of nitrogens with zero attached hydrogens (tertiary/aromatic N) is 2. The van der Waals surface area contributed by atoms with Crippen LogP contribution in [0.5, 0.6) is 0 Å². The third kappa shape index (κ3) is 2.59. The molecule has 0 aliphatic heterocycles. The van der Waals surface area contributed by atoms with Crippen LogP contribution < -0.4 is 0 Å². The van der Waals surface area contributed by atoms with E-state index in [1.165, 1.54) is 0 Å². The molecule has 0 unspecified atom stereocenters. The van der Waals surface area contributed by atoms with Crippen LogP contribution in [0.2, 0.25) is 0 Å². The van der Waals surface area contributed by atoms with Crippen LogP contribution in [0.3, 0.4) is 0 Å². The van der Waals surface area contributed by atoms with Gasteiger partial charge in [-0.25, -0.2) is 4.98 Å². The first-order valence-corrected chi connectivity index (χ1v) is 7.11. The zero-order chi connectivity index (χ0) is 14.8. The normalized spacial score (nSPS) is 11.2. The molecule has 0 spiro atoms. The Balaban J connectivity index is 2.05. The molecule has 3 nitrogen and oxygen atoms in total. The number of benzene rings is 2. The number of para-hydroxylation sites is 2. The molecule has 3 rings (SSSR count). The molecular formula is C18H17N2O. The Kier molecular flexibility index (Phi) is 3.57. The van der Waals surface area contributed by atoms with Gasteiger partial charge in [0.05, 0.1) is 11.0 Å². The summed E-state index contributed by atoms with van der Waals surface area (Å²) in [4.78, 5) is 15.4. The van der Waals surface area contributed by atoms with E-state index in [4.69, 9.17) is 4.98 Å². The van der Waals surface area contributed by atoms with Gasteiger partial charge >= 0.3 is 0 Å². The van der Waals surface area contributed by atoms with Crippen LogP contribution in [0.4, 0.5) is 0 Å². The maximum atomic E-state index is 10.6. The molecule has 1 aromatic heterocycles. The number of imidazole rings is 1. The van der Waals surface area contributed by atoms with E-state index in [1.807, 2.05) is 36.6 Å². The van der Waals surface area contributed by atoms with Gasteiger partial charge in [0.15, 0.2) is 0 Å². The highest BCUT2D eigenvalue weighted by Crippen LogP contribution is 2.23. The van der Waals surface area contributed by atoms with Crippen molar-refractivity contribution in [2.75, 3.05) is 0 Å². The van der Waals surface area contributed by atoms with Crippen molar-refractivity contribution in [3.8, 4) is 0 Å². The van der Waals surface area contributed by atoms with E-state index >= 15 is 0 Å². The summed E-state index contributed by atoms with van der Waals surface area (Å²) in [5.74, 6) is 1.45. The topological polar surface area (TPSA) is 34.9 Å². The Morgan fingerprint density at radius 1 is 1.10 bits per heavy atom. The second-order valence-electron chi connectivity index (χ2n) is 5.50. The fourth-order valence-corrected chi connectivity index (χ4v) is 2.56. The van der Waals surface area contributed by atoms with Crippen molar-refractivity contribution in [1.29, 1.82) is 0 Å². The second kappa shape index (κ2) is 5.52. The highest BCUT2D eigenvalue weighted by atomic mass is 16.1. The van der Waals surface area contributed by atoms with Crippen molar-refractivity contribution < 1.29 is 4.79 Å². The molecule has 2 aromatic carbocycles. The minimum atomic E-state index is 0.361. The van der Waals surface area contributed by atoms with Gasteiger partial charge in [0.1, 0.15) is 5.82 Å². The van der Waals surface area contributed by atoms with Gasteiger partial charge in [-0.3, -0.25) is 4.79 Å². The average Bonchev–Trinajstić information content (AvgIpc) is 2.87. The van der Waals surface area contributed by atoms with E-state index in [2.05, 4.69) is 24.5 Å². The first-order chi connectivity index (χ1) is 10.2. The monoisotopic (exact) mass is 277 g/mol. The lowest BCUT2D eigenvalue weighted by Gasteiger charge is -2.11. The van der Waals surface area contributed by atoms with E-state index in [0.717, 1.165) is 29.0 Å². The van der Waals surface area contributed by atoms with Crippen LogP contribution in [-0.2, 0) is 11.3 Å². The molecule has 105 valence electrons. The molecule has 21 heavy (non-hydrogen) atoms. The molecule has 1 heterocycles. The Morgan fingerprint density at radius 2 is 1.81 bits per heavy atom. The fraction of sp³-hybridized carbons (Fsp3) is 0.222. The molecule has 3 aromatic rings. The molecule has 0 bridgehead atoms. The number of hydrogen-bond acceptors (Lipinski definition) is 2. The van der Waals surface area contributed by atoms with Gasteiger partial charge in [0.2, 0.25) is 6.29 Å². The summed E-state index contributed by atoms with van der Waals surface area (Å²) in [7, 11) is 0. The van der Waals surface area contributed by atoms with Crippen molar-refractivity contribution in [2.45, 2.75) is 26.3 Å². The number of rotatable bonds is 4. The maximum Gasteiger partial charge on any atom is 0.233 e. The van der Waals surface area contributed by atoms with Crippen LogP contribution >= 0.6 is 0 Å². The minimum absolute atomic E-state index is 0.361. The van der Waals surface area contributed by atoms with Crippen LogP contribution in [0.1, 0.15) is 36.7 Å². The van der Waals surface area contributed by atoms with Gasteiger partial charge < -0.3 is 4.57 Å². The summed E-state index contributed by atoms with van der Waals surface area (Å²) in [6.45, 7) is 5.07. The fourth-order valence-electron chi connectivity index (χ4n) is 2.56. The number of carbonyl (C=O) groups excluding carboxylic acids is 1. The molecular weight excluding hydrogens is 260 g/mol. The molecule has 0 saturated carbocycles. The quantitative estimate of drug-likeness (QED) is 0.729. The lowest BCUT2D eigenvalue weighted by atomic mass is 10.1. The Bertz CT molecular complexity index is 770. The Morgan fingerprint density at radius 3 is 2.48 bits per heavy atom. The summed E-state index contributed by atoms with van der Waals surface area (Å²) in [6, 6.07) is 15.7. The molecule has 0 amide bonds. The van der Waals surface area contributed by atoms with Crippen molar-refractivity contribution >= 4 is 17.3 Å². The van der Waals surface area contributed by atoms with Gasteiger partial charge in [-0.15, -0.1) is 0 Å². The largest absolute Gasteiger partial charge is 0.323 e. The lowest BCUT2D eigenvalue weighted by molar-refractivity contribution is 0.562. The van der Waals surface area contributed by atoms with Crippen LogP contribution in [0.15, 0.2) is 48.5 Å². The Hall–Kier alpha value is -2.42. The van der Waals surface area contributed by atoms with E-state index in [9.17, 15) is 4.79 Å². The van der Waals surface area contributed by atoms with Crippen LogP contribution in [-0.4, -0.2) is 15.8 Å². The summed E-state index contributed by atoms with van der Waals surface area (Å²) in [5, 5.41) is 0. The molecule has 0 saturated heterocycles. The third-order valence-corrected chi connectivity index (χ3v) is 3.61. The predicted octanol–water partition coefficient (Wildman–Crippen LogP) is 3.67. The van der Waals surface area contributed by atoms with E-state index in [-0.39, 0.29) is 0 Å². The van der Waals surface area contributed by atoms with Gasteiger partial charge in [-0.1, -0.05) is 50.2 Å². The number of aromatic nitrogens is 2. The smallest absolute Gasteiger partial charge is 0.233 e. The van der Waals surface area contributed by atoms with E-state index in [0.29, 0.717) is 11.5 Å². The van der Waals surface area contributed by atoms with E-state index < -0.39 is 0 Å². The van der Waals surface area contributed by atoms with Crippen molar-refractivity contribution in [3.63, 3.8) is 0 Å². The SMILES string of the molecule is CC(C)c1nc2ccccc2n1Cc1ccc([C]=O)cc1. The van der Waals surface area contributed by atoms with Crippen molar-refractivity contribution in [3.05, 3.63) is 65.5 Å². The highest BCUT2D eigenvalue weighted by Gasteiger charge is 2.13. The second-order valence-corrected chi connectivity index (χ2v) is 5.50. The first-order valence-electron chi connectivity index (χ1n) is 7.11. The van der Waals surface area contributed by atoms with Gasteiger partial charge in [0, 0.05) is 18.0 Å². The third-order valence-electron chi connectivity index (χ3n) is 3.61. The van der Waals surface area contributed by atoms with Crippen LogP contribution in [0, 0.1) is 0 Å². The maximum absolute atomic E-state index is 10.6. The van der Waals surface area contributed by atoms with Gasteiger partial charge in [-0.2, -0.15) is 0 Å². The number of fused-ring (bicyclic) bond motifs is 1. The van der Waals surface area contributed by atoms with Crippen molar-refractivity contribution in [1.82, 2.24) is 9.55 Å². The molecule has 0 N–H and O–H groups in total. The standard InChI is InChI=1S/C18H17N2O/c1-13(2)18-19-16-5-3-4-6-17(16)20(18)11-14-7-9-15(12-21)10-8-14/h3-10,13H,11H2,1-2H3. The molecule has 1 radical (unpaired) electrons. The molecule has 0 aliphatic rings. The molecule has 0 fully saturated rings. The summed E-state index contributed by atoms with van der Waals surface area (Å²) in [6.07, 6.45) is 1.90. The summed E-state index contributed by atoms with van der Waals surface area (Å²) < 4.78 is 2.25. The van der Waals surface area contributed by atoms with Crippen molar-refractivity contribution in [2.24, 2.45) is 0 Å². The highest BCUT2D eigenvalue weighted by molar-refractivity contribution is 5.76. The first kappa shape index (κ1) is 13.6. The average molecular weight is 277 g/mol. The zero-order valence-electron chi connectivity index (χ0n) is 12.2.